The van der Waals surface area contributed by atoms with E-state index in [2.05, 4.69) is 5.10 Å². The van der Waals surface area contributed by atoms with Crippen LogP contribution in [0.4, 0.5) is 18.9 Å². The third-order valence-electron chi connectivity index (χ3n) is 3.63. The van der Waals surface area contributed by atoms with Crippen molar-refractivity contribution in [1.29, 1.82) is 0 Å². The molecule has 0 saturated heterocycles. The summed E-state index contributed by atoms with van der Waals surface area (Å²) in [5.74, 6) is -0.819. The van der Waals surface area contributed by atoms with E-state index < -0.39 is 27.0 Å². The smallest absolute Gasteiger partial charge is 0.406 e. The van der Waals surface area contributed by atoms with Crippen molar-refractivity contribution in [2.75, 3.05) is 4.72 Å². The first-order valence-corrected chi connectivity index (χ1v) is 9.41. The van der Waals surface area contributed by atoms with Gasteiger partial charge in [-0.3, -0.25) is 4.72 Å². The molecule has 0 saturated carbocycles. The minimum absolute atomic E-state index is 0.0241. The van der Waals surface area contributed by atoms with Crippen LogP contribution in [-0.4, -0.2) is 24.3 Å². The molecule has 28 heavy (non-hydrogen) atoms. The molecular formula is C16H11ClF3N3O4S. The molecule has 148 valence electrons. The largest absolute Gasteiger partial charge is 0.516 e. The number of anilines is 1. The van der Waals surface area contributed by atoms with Crippen molar-refractivity contribution in [3.8, 4) is 0 Å². The van der Waals surface area contributed by atoms with Crippen molar-refractivity contribution in [3.63, 3.8) is 0 Å². The standard InChI is InChI=1S/C16H11ClF3N3O4S/c1-9(21-23-13-4-2-3-5-14(13)27-15(23)24)11-8-10(17)6-7-12(11)22-28(25,26)16(18,19)20/h2-8,22H,1H3. The lowest BCUT2D eigenvalue weighted by atomic mass is 10.1. The highest BCUT2D eigenvalue weighted by Gasteiger charge is 2.46. The van der Waals surface area contributed by atoms with Gasteiger partial charge in [-0.2, -0.15) is 31.4 Å². The van der Waals surface area contributed by atoms with E-state index in [0.717, 1.165) is 10.7 Å². The Morgan fingerprint density at radius 1 is 1.21 bits per heavy atom. The summed E-state index contributed by atoms with van der Waals surface area (Å²) in [5, 5.41) is 4.19. The Labute approximate surface area is 161 Å². The Balaban J connectivity index is 2.13. The topological polar surface area (TPSA) is 93.7 Å². The summed E-state index contributed by atoms with van der Waals surface area (Å²) in [6, 6.07) is 9.89. The van der Waals surface area contributed by atoms with E-state index in [9.17, 15) is 26.4 Å². The summed E-state index contributed by atoms with van der Waals surface area (Å²) in [5.41, 5.74) is -5.34. The highest BCUT2D eigenvalue weighted by molar-refractivity contribution is 7.93. The van der Waals surface area contributed by atoms with Crippen LogP contribution in [0.1, 0.15) is 12.5 Å². The number of rotatable bonds is 4. The van der Waals surface area contributed by atoms with E-state index in [1.165, 1.54) is 23.8 Å². The van der Waals surface area contributed by atoms with E-state index in [4.69, 9.17) is 16.0 Å². The maximum absolute atomic E-state index is 12.7. The van der Waals surface area contributed by atoms with Crippen molar-refractivity contribution in [1.82, 2.24) is 4.68 Å². The zero-order chi connectivity index (χ0) is 20.7. The van der Waals surface area contributed by atoms with Gasteiger partial charge in [0.1, 0.15) is 5.52 Å². The average Bonchev–Trinajstić information content (AvgIpc) is 2.91. The molecule has 0 aliphatic rings. The second-order valence-corrected chi connectivity index (χ2v) is 7.68. The molecule has 0 unspecified atom stereocenters. The Morgan fingerprint density at radius 3 is 2.57 bits per heavy atom. The number of hydrogen-bond acceptors (Lipinski definition) is 5. The van der Waals surface area contributed by atoms with Gasteiger partial charge in [0, 0.05) is 10.6 Å². The van der Waals surface area contributed by atoms with Gasteiger partial charge in [-0.15, -0.1) is 0 Å². The van der Waals surface area contributed by atoms with Gasteiger partial charge in [0.15, 0.2) is 5.58 Å². The molecule has 0 aliphatic carbocycles. The van der Waals surface area contributed by atoms with Crippen LogP contribution in [0.15, 0.2) is 56.8 Å². The molecule has 1 aromatic heterocycles. The lowest BCUT2D eigenvalue weighted by Crippen LogP contribution is -2.30. The second-order valence-electron chi connectivity index (χ2n) is 5.57. The van der Waals surface area contributed by atoms with Crippen molar-refractivity contribution in [3.05, 3.63) is 63.6 Å². The molecule has 0 bridgehead atoms. The van der Waals surface area contributed by atoms with Gasteiger partial charge < -0.3 is 4.42 Å². The Bertz CT molecular complexity index is 1250. The fraction of sp³-hybridized carbons (Fsp3) is 0.125. The molecule has 3 rings (SSSR count). The molecule has 3 aromatic rings. The molecule has 7 nitrogen and oxygen atoms in total. The normalized spacial score (nSPS) is 13.1. The van der Waals surface area contributed by atoms with Gasteiger partial charge in [0.25, 0.3) is 0 Å². The average molecular weight is 434 g/mol. The van der Waals surface area contributed by atoms with E-state index in [1.54, 1.807) is 24.3 Å². The maximum Gasteiger partial charge on any atom is 0.516 e. The van der Waals surface area contributed by atoms with E-state index in [1.807, 2.05) is 0 Å². The third-order valence-corrected chi connectivity index (χ3v) is 4.97. The number of oxazole rings is 1. The van der Waals surface area contributed by atoms with Crippen molar-refractivity contribution >= 4 is 44.1 Å². The number of nitrogens with zero attached hydrogens (tertiary/aromatic N) is 2. The number of halogens is 4. The van der Waals surface area contributed by atoms with Crippen molar-refractivity contribution in [2.45, 2.75) is 12.4 Å². The molecule has 0 fully saturated rings. The molecular weight excluding hydrogens is 423 g/mol. The zero-order valence-electron chi connectivity index (χ0n) is 14.0. The first kappa shape index (κ1) is 20.0. The summed E-state index contributed by atoms with van der Waals surface area (Å²) in [6.07, 6.45) is 0. The highest BCUT2D eigenvalue weighted by atomic mass is 35.5. The number of aromatic nitrogens is 1. The van der Waals surface area contributed by atoms with Crippen LogP contribution < -0.4 is 10.5 Å². The third kappa shape index (κ3) is 3.76. The predicted octanol–water partition coefficient (Wildman–Crippen LogP) is 3.78. The molecule has 2 aromatic carbocycles. The molecule has 1 N–H and O–H groups in total. The Kier molecular flexibility index (Phi) is 4.98. The molecule has 0 aliphatic heterocycles. The van der Waals surface area contributed by atoms with Gasteiger partial charge >= 0.3 is 21.3 Å². The van der Waals surface area contributed by atoms with E-state index in [0.29, 0.717) is 5.52 Å². The molecule has 0 radical (unpaired) electrons. The molecule has 0 atom stereocenters. The van der Waals surface area contributed by atoms with Crippen molar-refractivity contribution in [2.24, 2.45) is 5.10 Å². The van der Waals surface area contributed by atoms with Crippen molar-refractivity contribution < 1.29 is 26.0 Å². The maximum atomic E-state index is 12.7. The first-order valence-electron chi connectivity index (χ1n) is 7.55. The summed E-state index contributed by atoms with van der Waals surface area (Å²) < 4.78 is 68.4. The van der Waals surface area contributed by atoms with Crippen LogP contribution in [0, 0.1) is 0 Å². The van der Waals surface area contributed by atoms with Gasteiger partial charge in [0.2, 0.25) is 0 Å². The summed E-state index contributed by atoms with van der Waals surface area (Å²) >= 11 is 5.89. The summed E-state index contributed by atoms with van der Waals surface area (Å²) in [6.45, 7) is 1.38. The van der Waals surface area contributed by atoms with Gasteiger partial charge in [-0.1, -0.05) is 23.7 Å². The molecule has 0 spiro atoms. The number of nitrogens with one attached hydrogen (secondary N) is 1. The van der Waals surface area contributed by atoms with Crippen LogP contribution in [0.5, 0.6) is 0 Å². The van der Waals surface area contributed by atoms with E-state index >= 15 is 0 Å². The molecule has 0 amide bonds. The second kappa shape index (κ2) is 6.99. The number of alkyl halides is 3. The van der Waals surface area contributed by atoms with Gasteiger partial charge in [-0.25, -0.2) is 4.79 Å². The minimum atomic E-state index is -5.66. The Morgan fingerprint density at radius 2 is 1.89 bits per heavy atom. The first-order chi connectivity index (χ1) is 13.0. The number of fused-ring (bicyclic) bond motifs is 1. The van der Waals surface area contributed by atoms with Gasteiger partial charge in [-0.05, 0) is 37.3 Å². The number of benzene rings is 2. The SMILES string of the molecule is CC(=Nn1c(=O)oc2ccccc21)c1cc(Cl)ccc1NS(=O)(=O)C(F)(F)F. The van der Waals surface area contributed by atoms with Crippen LogP contribution >= 0.6 is 11.6 Å². The summed E-state index contributed by atoms with van der Waals surface area (Å²) in [4.78, 5) is 12.0. The van der Waals surface area contributed by atoms with Crippen LogP contribution in [0.2, 0.25) is 5.02 Å². The van der Waals surface area contributed by atoms with Crippen LogP contribution in [0.25, 0.3) is 11.1 Å². The zero-order valence-corrected chi connectivity index (χ0v) is 15.6. The van der Waals surface area contributed by atoms with Crippen LogP contribution in [-0.2, 0) is 10.0 Å². The lowest BCUT2D eigenvalue weighted by Gasteiger charge is -2.14. The minimum Gasteiger partial charge on any atom is -0.406 e. The molecule has 1 heterocycles. The monoisotopic (exact) mass is 433 g/mol. The highest BCUT2D eigenvalue weighted by Crippen LogP contribution is 2.29. The van der Waals surface area contributed by atoms with Crippen LogP contribution in [0.3, 0.4) is 0 Å². The Hall–Kier alpha value is -2.79. The van der Waals surface area contributed by atoms with Gasteiger partial charge in [0.05, 0.1) is 11.4 Å². The number of hydrogen-bond donors (Lipinski definition) is 1. The predicted molar refractivity (Wildman–Crippen MR) is 98.1 cm³/mol. The number of sulfonamides is 1. The fourth-order valence-corrected chi connectivity index (χ4v) is 3.12. The summed E-state index contributed by atoms with van der Waals surface area (Å²) in [7, 11) is -5.66. The van der Waals surface area contributed by atoms with E-state index in [-0.39, 0.29) is 21.9 Å². The number of para-hydroxylation sites is 2. The molecule has 12 heteroatoms. The lowest BCUT2D eigenvalue weighted by molar-refractivity contribution is -0.0429. The quantitative estimate of drug-likeness (QED) is 0.633. The fourth-order valence-electron chi connectivity index (χ4n) is 2.36.